The van der Waals surface area contributed by atoms with Crippen molar-refractivity contribution in [1.82, 2.24) is 4.72 Å². The van der Waals surface area contributed by atoms with Crippen LogP contribution in [0.3, 0.4) is 0 Å². The number of hydrogen-bond acceptors (Lipinski definition) is 3. The summed E-state index contributed by atoms with van der Waals surface area (Å²) in [6, 6.07) is 2.00. The predicted molar refractivity (Wildman–Crippen MR) is 74.5 cm³/mol. The average molecular weight is 345 g/mol. The Hall–Kier alpha value is -0.830. The molecular formula is C12H16ClF3N2O2S. The first-order valence-corrected chi connectivity index (χ1v) is 7.93. The van der Waals surface area contributed by atoms with Crippen LogP contribution in [0.25, 0.3) is 0 Å². The van der Waals surface area contributed by atoms with E-state index in [0.717, 1.165) is 12.1 Å². The second kappa shape index (κ2) is 6.51. The van der Waals surface area contributed by atoms with Crippen molar-refractivity contribution < 1.29 is 21.6 Å². The lowest BCUT2D eigenvalue weighted by Gasteiger charge is -2.18. The van der Waals surface area contributed by atoms with Gasteiger partial charge in [0.2, 0.25) is 10.0 Å². The molecule has 4 nitrogen and oxygen atoms in total. The highest BCUT2D eigenvalue weighted by atomic mass is 35.5. The summed E-state index contributed by atoms with van der Waals surface area (Å²) < 4.78 is 64.9. The predicted octanol–water partition coefficient (Wildman–Crippen LogP) is 2.62. The maximum Gasteiger partial charge on any atom is 0.417 e. The molecule has 1 atom stereocenters. The number of rotatable bonds is 5. The van der Waals surface area contributed by atoms with Crippen molar-refractivity contribution >= 4 is 21.6 Å². The summed E-state index contributed by atoms with van der Waals surface area (Å²) in [5, 5.41) is -0.194. The van der Waals surface area contributed by atoms with E-state index in [1.807, 2.05) is 0 Å². The number of nitrogens with two attached hydrogens (primary N) is 1. The van der Waals surface area contributed by atoms with Crippen LogP contribution in [-0.4, -0.2) is 21.0 Å². The Kier molecular flexibility index (Phi) is 5.65. The minimum atomic E-state index is -4.82. The minimum absolute atomic E-state index is 0.0139. The van der Waals surface area contributed by atoms with E-state index in [4.69, 9.17) is 17.3 Å². The first-order valence-electron chi connectivity index (χ1n) is 6.07. The summed E-state index contributed by atoms with van der Waals surface area (Å²) in [6.07, 6.45) is -4.82. The van der Waals surface area contributed by atoms with Crippen LogP contribution in [0.2, 0.25) is 5.02 Å². The van der Waals surface area contributed by atoms with Crippen molar-refractivity contribution in [3.63, 3.8) is 0 Å². The van der Waals surface area contributed by atoms with Crippen LogP contribution in [0, 0.1) is 5.92 Å². The van der Waals surface area contributed by atoms with Crippen molar-refractivity contribution in [2.45, 2.75) is 31.0 Å². The van der Waals surface area contributed by atoms with Gasteiger partial charge in [-0.1, -0.05) is 25.4 Å². The van der Waals surface area contributed by atoms with E-state index in [9.17, 15) is 21.6 Å². The van der Waals surface area contributed by atoms with Crippen LogP contribution in [-0.2, 0) is 16.2 Å². The Morgan fingerprint density at radius 1 is 1.33 bits per heavy atom. The lowest BCUT2D eigenvalue weighted by molar-refractivity contribution is -0.139. The number of sulfonamides is 1. The van der Waals surface area contributed by atoms with Gasteiger partial charge in [0.15, 0.2) is 0 Å². The third-order valence-electron chi connectivity index (χ3n) is 2.90. The molecule has 1 unspecified atom stereocenters. The summed E-state index contributed by atoms with van der Waals surface area (Å²) in [7, 11) is -4.33. The van der Waals surface area contributed by atoms with Gasteiger partial charge in [0.1, 0.15) is 0 Å². The van der Waals surface area contributed by atoms with Crippen LogP contribution < -0.4 is 10.5 Å². The Labute approximate surface area is 126 Å². The monoisotopic (exact) mass is 344 g/mol. The number of nitrogens with one attached hydrogen (secondary N) is 1. The zero-order valence-corrected chi connectivity index (χ0v) is 13.0. The van der Waals surface area contributed by atoms with Crippen molar-refractivity contribution in [3.8, 4) is 0 Å². The van der Waals surface area contributed by atoms with Crippen molar-refractivity contribution in [2.24, 2.45) is 11.7 Å². The molecule has 0 saturated carbocycles. The summed E-state index contributed by atoms with van der Waals surface area (Å²) in [5.74, 6) is -0.0139. The molecule has 0 saturated heterocycles. The van der Waals surface area contributed by atoms with Crippen LogP contribution in [0.15, 0.2) is 23.1 Å². The van der Waals surface area contributed by atoms with Gasteiger partial charge >= 0.3 is 6.18 Å². The molecule has 0 aliphatic rings. The molecule has 1 aromatic carbocycles. The number of hydrogen-bond donors (Lipinski definition) is 2. The minimum Gasteiger partial charge on any atom is -0.326 e. The molecule has 0 aliphatic carbocycles. The Balaban J connectivity index is 3.15. The van der Waals surface area contributed by atoms with Gasteiger partial charge in [-0.25, -0.2) is 13.1 Å². The first kappa shape index (κ1) is 18.2. The molecule has 0 fully saturated rings. The largest absolute Gasteiger partial charge is 0.417 e. The van der Waals surface area contributed by atoms with Gasteiger partial charge in [0.25, 0.3) is 0 Å². The highest BCUT2D eigenvalue weighted by Gasteiger charge is 2.37. The van der Waals surface area contributed by atoms with E-state index in [0.29, 0.717) is 6.07 Å². The highest BCUT2D eigenvalue weighted by Crippen LogP contribution is 2.35. The van der Waals surface area contributed by atoms with Gasteiger partial charge in [-0.15, -0.1) is 0 Å². The fraction of sp³-hybridized carbons (Fsp3) is 0.500. The number of alkyl halides is 3. The SMILES string of the molecule is CC(C)C(N)CNS(=O)(=O)c1ccc(Cl)cc1C(F)(F)F. The zero-order chi connectivity index (χ0) is 16.4. The van der Waals surface area contributed by atoms with E-state index >= 15 is 0 Å². The second-order valence-electron chi connectivity index (χ2n) is 4.90. The molecule has 0 radical (unpaired) electrons. The molecule has 0 aliphatic heterocycles. The topological polar surface area (TPSA) is 72.2 Å². The van der Waals surface area contributed by atoms with Crippen LogP contribution >= 0.6 is 11.6 Å². The summed E-state index contributed by atoms with van der Waals surface area (Å²) in [6.45, 7) is 3.41. The quantitative estimate of drug-likeness (QED) is 0.862. The summed E-state index contributed by atoms with van der Waals surface area (Å²) in [5.41, 5.74) is 4.37. The molecule has 0 spiro atoms. The van der Waals surface area contributed by atoms with E-state index < -0.39 is 32.7 Å². The number of benzene rings is 1. The molecule has 1 rings (SSSR count). The fourth-order valence-corrected chi connectivity index (χ4v) is 2.93. The van der Waals surface area contributed by atoms with E-state index in [2.05, 4.69) is 4.72 Å². The molecule has 21 heavy (non-hydrogen) atoms. The standard InChI is InChI=1S/C12H16ClF3N2O2S/c1-7(2)10(17)6-18-21(19,20)11-4-3-8(13)5-9(11)12(14,15)16/h3-5,7,10,18H,6,17H2,1-2H3. The molecule has 0 heterocycles. The van der Waals surface area contributed by atoms with Crippen LogP contribution in [0.1, 0.15) is 19.4 Å². The van der Waals surface area contributed by atoms with Gasteiger partial charge in [0, 0.05) is 17.6 Å². The molecular weight excluding hydrogens is 329 g/mol. The normalized spacial score (nSPS) is 14.5. The van der Waals surface area contributed by atoms with Crippen molar-refractivity contribution in [1.29, 1.82) is 0 Å². The van der Waals surface area contributed by atoms with Crippen molar-refractivity contribution in [3.05, 3.63) is 28.8 Å². The van der Waals surface area contributed by atoms with E-state index in [-0.39, 0.29) is 17.5 Å². The molecule has 9 heteroatoms. The Morgan fingerprint density at radius 2 is 1.90 bits per heavy atom. The fourth-order valence-electron chi connectivity index (χ4n) is 1.48. The first-order chi connectivity index (χ1) is 9.45. The van der Waals surface area contributed by atoms with Crippen molar-refractivity contribution in [2.75, 3.05) is 6.54 Å². The number of halogens is 4. The smallest absolute Gasteiger partial charge is 0.326 e. The van der Waals surface area contributed by atoms with E-state index in [1.54, 1.807) is 13.8 Å². The van der Waals surface area contributed by atoms with Gasteiger partial charge in [-0.3, -0.25) is 0 Å². The van der Waals surface area contributed by atoms with E-state index in [1.165, 1.54) is 0 Å². The summed E-state index contributed by atoms with van der Waals surface area (Å²) >= 11 is 5.51. The molecule has 1 aromatic rings. The molecule has 0 amide bonds. The second-order valence-corrected chi connectivity index (χ2v) is 7.07. The van der Waals surface area contributed by atoms with Crippen LogP contribution in [0.5, 0.6) is 0 Å². The molecule has 120 valence electrons. The molecule has 3 N–H and O–H groups in total. The lowest BCUT2D eigenvalue weighted by atomic mass is 10.1. The van der Waals surface area contributed by atoms with Gasteiger partial charge in [-0.2, -0.15) is 13.2 Å². The third-order valence-corrected chi connectivity index (χ3v) is 4.62. The Morgan fingerprint density at radius 3 is 2.38 bits per heavy atom. The zero-order valence-electron chi connectivity index (χ0n) is 11.4. The highest BCUT2D eigenvalue weighted by molar-refractivity contribution is 7.89. The Bertz CT molecular complexity index is 603. The maximum atomic E-state index is 12.9. The van der Waals surface area contributed by atoms with Gasteiger partial charge < -0.3 is 5.73 Å². The third kappa shape index (κ3) is 4.84. The van der Waals surface area contributed by atoms with Gasteiger partial charge in [0.05, 0.1) is 10.5 Å². The molecule has 0 aromatic heterocycles. The van der Waals surface area contributed by atoms with Gasteiger partial charge in [-0.05, 0) is 24.1 Å². The summed E-state index contributed by atoms with van der Waals surface area (Å²) in [4.78, 5) is -0.865. The average Bonchev–Trinajstić information content (AvgIpc) is 2.34. The lowest BCUT2D eigenvalue weighted by Crippen LogP contribution is -2.40. The maximum absolute atomic E-state index is 12.9. The van der Waals surface area contributed by atoms with Crippen LogP contribution in [0.4, 0.5) is 13.2 Å². The molecule has 0 bridgehead atoms.